The Kier molecular flexibility index (Phi) is 4.07. The third-order valence-corrected chi connectivity index (χ3v) is 2.01. The summed E-state index contributed by atoms with van der Waals surface area (Å²) in [5.41, 5.74) is 8.16. The summed E-state index contributed by atoms with van der Waals surface area (Å²) in [5, 5.41) is 31.1. The van der Waals surface area contributed by atoms with Crippen molar-refractivity contribution in [1.82, 2.24) is 0 Å². The third kappa shape index (κ3) is 2.83. The van der Waals surface area contributed by atoms with Crippen LogP contribution in [-0.4, -0.2) is 28.0 Å². The van der Waals surface area contributed by atoms with Gasteiger partial charge in [0.05, 0.1) is 12.6 Å². The van der Waals surface area contributed by atoms with Crippen molar-refractivity contribution in [1.29, 1.82) is 0 Å². The molecule has 0 heterocycles. The highest BCUT2D eigenvalue weighted by Gasteiger charge is 2.18. The van der Waals surface area contributed by atoms with Crippen LogP contribution in [0.25, 0.3) is 10.4 Å². The molecule has 2 unspecified atom stereocenters. The maximum atomic E-state index is 12.7. The average Bonchev–Trinajstić information content (AvgIpc) is 2.28. The van der Waals surface area contributed by atoms with Gasteiger partial charge in [-0.1, -0.05) is 11.2 Å². The molecule has 16 heavy (non-hydrogen) atoms. The lowest BCUT2D eigenvalue weighted by molar-refractivity contribution is 0.0242. The van der Waals surface area contributed by atoms with Crippen LogP contribution in [0.5, 0.6) is 5.75 Å². The van der Waals surface area contributed by atoms with Crippen LogP contribution in [0.1, 0.15) is 11.7 Å². The summed E-state index contributed by atoms with van der Waals surface area (Å²) in [7, 11) is 0. The summed E-state index contributed by atoms with van der Waals surface area (Å²) < 4.78 is 12.7. The van der Waals surface area contributed by atoms with Crippen LogP contribution in [0, 0.1) is 5.82 Å². The van der Waals surface area contributed by atoms with E-state index in [1.54, 1.807) is 0 Å². The predicted molar refractivity (Wildman–Crippen MR) is 53.0 cm³/mol. The Bertz CT molecular complexity index is 420. The molecule has 1 aromatic carbocycles. The summed E-state index contributed by atoms with van der Waals surface area (Å²) >= 11 is 0. The van der Waals surface area contributed by atoms with E-state index in [-0.39, 0.29) is 12.1 Å². The van der Waals surface area contributed by atoms with Crippen molar-refractivity contribution >= 4 is 0 Å². The van der Waals surface area contributed by atoms with Crippen molar-refractivity contribution in [2.24, 2.45) is 5.11 Å². The molecule has 3 N–H and O–H groups in total. The van der Waals surface area contributed by atoms with Gasteiger partial charge in [-0.3, -0.25) is 0 Å². The zero-order valence-electron chi connectivity index (χ0n) is 8.16. The second-order valence-corrected chi connectivity index (χ2v) is 3.14. The fourth-order valence-corrected chi connectivity index (χ4v) is 1.16. The monoisotopic (exact) mass is 227 g/mol. The van der Waals surface area contributed by atoms with E-state index >= 15 is 0 Å². The van der Waals surface area contributed by atoms with Gasteiger partial charge < -0.3 is 15.3 Å². The first kappa shape index (κ1) is 12.3. The van der Waals surface area contributed by atoms with Gasteiger partial charge in [0, 0.05) is 4.91 Å². The Balaban J connectivity index is 2.82. The molecule has 2 atom stereocenters. The fourth-order valence-electron chi connectivity index (χ4n) is 1.16. The number of aromatic hydroxyl groups is 1. The van der Waals surface area contributed by atoms with E-state index in [2.05, 4.69) is 10.0 Å². The van der Waals surface area contributed by atoms with Gasteiger partial charge in [0.1, 0.15) is 6.10 Å². The first-order valence-corrected chi connectivity index (χ1v) is 4.41. The molecule has 0 spiro atoms. The summed E-state index contributed by atoms with van der Waals surface area (Å²) in [6.45, 7) is -0.310. The second-order valence-electron chi connectivity index (χ2n) is 3.14. The van der Waals surface area contributed by atoms with Crippen LogP contribution in [0.4, 0.5) is 4.39 Å². The minimum Gasteiger partial charge on any atom is -0.505 e. The van der Waals surface area contributed by atoms with E-state index in [1.807, 2.05) is 0 Å². The molecule has 0 aromatic heterocycles. The van der Waals surface area contributed by atoms with Crippen LogP contribution < -0.4 is 0 Å². The highest BCUT2D eigenvalue weighted by Crippen LogP contribution is 2.23. The van der Waals surface area contributed by atoms with Crippen LogP contribution >= 0.6 is 0 Å². The van der Waals surface area contributed by atoms with Crippen LogP contribution in [0.2, 0.25) is 0 Å². The van der Waals surface area contributed by atoms with Crippen LogP contribution in [0.3, 0.4) is 0 Å². The van der Waals surface area contributed by atoms with Crippen LogP contribution in [0.15, 0.2) is 23.3 Å². The van der Waals surface area contributed by atoms with Gasteiger partial charge in [0.2, 0.25) is 0 Å². The number of hydrogen-bond donors (Lipinski definition) is 3. The third-order valence-electron chi connectivity index (χ3n) is 2.01. The Labute approximate surface area is 90.2 Å². The molecule has 0 radical (unpaired) electrons. The number of benzene rings is 1. The lowest BCUT2D eigenvalue weighted by atomic mass is 10.0. The van der Waals surface area contributed by atoms with Crippen molar-refractivity contribution in [3.63, 3.8) is 0 Å². The first-order chi connectivity index (χ1) is 7.56. The van der Waals surface area contributed by atoms with E-state index in [0.717, 1.165) is 12.1 Å². The molecule has 86 valence electrons. The van der Waals surface area contributed by atoms with E-state index in [0.29, 0.717) is 0 Å². The molecule has 1 aromatic rings. The van der Waals surface area contributed by atoms with Gasteiger partial charge in [0.25, 0.3) is 0 Å². The lowest BCUT2D eigenvalue weighted by Crippen LogP contribution is -2.21. The van der Waals surface area contributed by atoms with Gasteiger partial charge >= 0.3 is 0 Å². The number of aliphatic hydroxyl groups is 2. The Hall–Kier alpha value is -1.82. The normalized spacial score (nSPS) is 13.9. The van der Waals surface area contributed by atoms with E-state index < -0.39 is 23.8 Å². The van der Waals surface area contributed by atoms with Crippen molar-refractivity contribution < 1.29 is 19.7 Å². The number of halogens is 1. The van der Waals surface area contributed by atoms with Crippen molar-refractivity contribution in [3.05, 3.63) is 40.0 Å². The number of nitrogens with zero attached hydrogens (tertiary/aromatic N) is 3. The Morgan fingerprint density at radius 1 is 1.44 bits per heavy atom. The van der Waals surface area contributed by atoms with Crippen molar-refractivity contribution in [2.75, 3.05) is 6.54 Å². The van der Waals surface area contributed by atoms with Gasteiger partial charge in [-0.2, -0.15) is 0 Å². The molecule has 7 heteroatoms. The average molecular weight is 227 g/mol. The number of hydrogen-bond acceptors (Lipinski definition) is 4. The summed E-state index contributed by atoms with van der Waals surface area (Å²) in [4.78, 5) is 2.43. The molecule has 0 amide bonds. The maximum Gasteiger partial charge on any atom is 0.164 e. The smallest absolute Gasteiger partial charge is 0.164 e. The van der Waals surface area contributed by atoms with E-state index in [1.165, 1.54) is 6.07 Å². The zero-order valence-corrected chi connectivity index (χ0v) is 8.16. The topological polar surface area (TPSA) is 109 Å². The summed E-state index contributed by atoms with van der Waals surface area (Å²) in [6, 6.07) is 3.19. The second kappa shape index (κ2) is 5.32. The number of phenols is 1. The molecular formula is C9H10FN3O3. The predicted octanol–water partition coefficient (Wildman–Crippen LogP) is 1.24. The molecular weight excluding hydrogens is 217 g/mol. The van der Waals surface area contributed by atoms with E-state index in [4.69, 9.17) is 10.6 Å². The zero-order chi connectivity index (χ0) is 12.1. The first-order valence-electron chi connectivity index (χ1n) is 4.41. The summed E-state index contributed by atoms with van der Waals surface area (Å²) in [6.07, 6.45) is -2.65. The Morgan fingerprint density at radius 3 is 2.69 bits per heavy atom. The van der Waals surface area contributed by atoms with Crippen LogP contribution in [-0.2, 0) is 0 Å². The van der Waals surface area contributed by atoms with Gasteiger partial charge in [-0.05, 0) is 23.2 Å². The number of phenolic OH excluding ortho intramolecular Hbond substituents is 1. The van der Waals surface area contributed by atoms with E-state index in [9.17, 15) is 14.6 Å². The Morgan fingerprint density at radius 2 is 2.12 bits per heavy atom. The number of aliphatic hydroxyl groups excluding tert-OH is 2. The quantitative estimate of drug-likeness (QED) is 0.408. The highest BCUT2D eigenvalue weighted by molar-refractivity contribution is 5.30. The number of rotatable bonds is 4. The molecule has 0 aliphatic rings. The maximum absolute atomic E-state index is 12.7. The molecule has 1 rings (SSSR count). The van der Waals surface area contributed by atoms with Crippen molar-refractivity contribution in [2.45, 2.75) is 12.2 Å². The standard InChI is InChI=1S/C9H10FN3O3/c10-6-2-1-5(3-7(6)14)9(16)8(15)4-12-13-11/h1-3,8-9,14-16H,4H2. The molecule has 0 aliphatic carbocycles. The highest BCUT2D eigenvalue weighted by atomic mass is 19.1. The van der Waals surface area contributed by atoms with Gasteiger partial charge in [0.15, 0.2) is 11.6 Å². The summed E-state index contributed by atoms with van der Waals surface area (Å²) in [5.74, 6) is -1.44. The minimum atomic E-state index is -1.35. The number of azide groups is 1. The molecule has 6 nitrogen and oxygen atoms in total. The van der Waals surface area contributed by atoms with Gasteiger partial charge in [-0.15, -0.1) is 0 Å². The molecule has 0 bridgehead atoms. The lowest BCUT2D eigenvalue weighted by Gasteiger charge is -2.16. The van der Waals surface area contributed by atoms with Crippen molar-refractivity contribution in [3.8, 4) is 5.75 Å². The molecule has 0 fully saturated rings. The van der Waals surface area contributed by atoms with Gasteiger partial charge in [-0.25, -0.2) is 4.39 Å². The molecule has 0 aliphatic heterocycles. The minimum absolute atomic E-state index is 0.138. The fraction of sp³-hybridized carbons (Fsp3) is 0.333. The largest absolute Gasteiger partial charge is 0.505 e. The molecule has 0 saturated heterocycles. The SMILES string of the molecule is [N-]=[N+]=NCC(O)C(O)c1ccc(F)c(O)c1. The molecule has 0 saturated carbocycles.